The first-order valence-electron chi connectivity index (χ1n) is 5.36. The van der Waals surface area contributed by atoms with Crippen molar-refractivity contribution in [1.29, 1.82) is 0 Å². The Morgan fingerprint density at radius 2 is 2.19 bits per heavy atom. The Labute approximate surface area is 94.3 Å². The predicted molar refractivity (Wildman–Crippen MR) is 59.6 cm³/mol. The average molecular weight is 226 g/mol. The zero-order valence-corrected chi connectivity index (χ0v) is 9.10. The number of hydrogen-bond acceptors (Lipinski definition) is 3. The normalized spacial score (nSPS) is 14.6. The summed E-state index contributed by atoms with van der Waals surface area (Å²) in [6, 6.07) is 3.87. The van der Waals surface area contributed by atoms with Crippen molar-refractivity contribution in [2.24, 2.45) is 5.73 Å². The Hall–Kier alpha value is -1.33. The van der Waals surface area contributed by atoms with Gasteiger partial charge in [-0.2, -0.15) is 0 Å². The number of hydrogen-bond donors (Lipinski definition) is 4. The molecule has 0 bridgehead atoms. The van der Waals surface area contributed by atoms with Crippen molar-refractivity contribution >= 4 is 5.91 Å². The molecule has 16 heavy (non-hydrogen) atoms. The Morgan fingerprint density at radius 3 is 2.75 bits per heavy atom. The highest BCUT2D eigenvalue weighted by molar-refractivity contribution is 5.74. The van der Waals surface area contributed by atoms with Crippen LogP contribution in [0.2, 0.25) is 0 Å². The number of carbonyl (C=O) groups is 1. The second kappa shape index (κ2) is 6.30. The lowest BCUT2D eigenvalue weighted by atomic mass is 10.0. The number of aliphatic hydroxyl groups is 2. The van der Waals surface area contributed by atoms with Gasteiger partial charge in [-0.05, 0) is 31.4 Å². The summed E-state index contributed by atoms with van der Waals surface area (Å²) >= 11 is 0. The summed E-state index contributed by atoms with van der Waals surface area (Å²) in [5.41, 5.74) is 6.02. The van der Waals surface area contributed by atoms with Crippen LogP contribution < -0.4 is 5.73 Å². The summed E-state index contributed by atoms with van der Waals surface area (Å²) in [6.45, 7) is 0. The minimum Gasteiger partial charge on any atom is -0.390 e. The molecule has 2 atom stereocenters. The molecule has 1 rings (SSSR count). The highest BCUT2D eigenvalue weighted by Gasteiger charge is 2.17. The summed E-state index contributed by atoms with van der Waals surface area (Å²) in [5.74, 6) is -0.601. The van der Waals surface area contributed by atoms with Gasteiger partial charge in [0.1, 0.15) is 0 Å². The Balaban J connectivity index is 2.19. The van der Waals surface area contributed by atoms with Gasteiger partial charge in [0.2, 0.25) is 5.91 Å². The van der Waals surface area contributed by atoms with Crippen LogP contribution in [-0.2, 0) is 11.2 Å². The number of aromatic amines is 1. The van der Waals surface area contributed by atoms with Crippen molar-refractivity contribution in [2.75, 3.05) is 0 Å². The number of aryl methyl sites for hydroxylation is 1. The maximum absolute atomic E-state index is 10.5. The zero-order valence-electron chi connectivity index (χ0n) is 9.10. The number of amides is 1. The molecule has 2 unspecified atom stereocenters. The fourth-order valence-corrected chi connectivity index (χ4v) is 1.56. The van der Waals surface area contributed by atoms with E-state index in [-0.39, 0.29) is 6.42 Å². The molecule has 0 saturated heterocycles. The van der Waals surface area contributed by atoms with Crippen molar-refractivity contribution in [3.8, 4) is 0 Å². The van der Waals surface area contributed by atoms with Gasteiger partial charge in [-0.15, -0.1) is 0 Å². The number of primary amides is 1. The van der Waals surface area contributed by atoms with Gasteiger partial charge in [0.15, 0.2) is 0 Å². The first kappa shape index (κ1) is 12.7. The monoisotopic (exact) mass is 226 g/mol. The number of rotatable bonds is 7. The van der Waals surface area contributed by atoms with Crippen LogP contribution in [0.3, 0.4) is 0 Å². The quantitative estimate of drug-likeness (QED) is 0.524. The van der Waals surface area contributed by atoms with Gasteiger partial charge < -0.3 is 20.9 Å². The molecule has 1 aromatic rings. The van der Waals surface area contributed by atoms with Crippen LogP contribution in [0.25, 0.3) is 0 Å². The van der Waals surface area contributed by atoms with Gasteiger partial charge in [-0.3, -0.25) is 4.79 Å². The number of aromatic nitrogens is 1. The molecule has 1 aromatic heterocycles. The van der Waals surface area contributed by atoms with Crippen LogP contribution in [-0.4, -0.2) is 33.3 Å². The SMILES string of the molecule is NC(=O)CC(O)C(O)CCCc1ccc[nH]1. The van der Waals surface area contributed by atoms with E-state index >= 15 is 0 Å². The molecule has 5 heteroatoms. The highest BCUT2D eigenvalue weighted by atomic mass is 16.3. The lowest BCUT2D eigenvalue weighted by Crippen LogP contribution is -2.30. The van der Waals surface area contributed by atoms with Crippen molar-refractivity contribution in [1.82, 2.24) is 4.98 Å². The third kappa shape index (κ3) is 4.46. The summed E-state index contributed by atoms with van der Waals surface area (Å²) in [5, 5.41) is 18.9. The molecule has 0 saturated carbocycles. The van der Waals surface area contributed by atoms with Crippen LogP contribution in [0.1, 0.15) is 25.0 Å². The van der Waals surface area contributed by atoms with Gasteiger partial charge in [0, 0.05) is 11.9 Å². The van der Waals surface area contributed by atoms with E-state index in [4.69, 9.17) is 5.73 Å². The molecule has 0 aliphatic heterocycles. The zero-order chi connectivity index (χ0) is 12.0. The molecule has 0 radical (unpaired) electrons. The van der Waals surface area contributed by atoms with Crippen molar-refractivity contribution in [3.05, 3.63) is 24.0 Å². The molecular formula is C11H18N2O3. The third-order valence-electron chi connectivity index (χ3n) is 2.46. The van der Waals surface area contributed by atoms with Crippen LogP contribution in [0, 0.1) is 0 Å². The second-order valence-electron chi connectivity index (χ2n) is 3.89. The van der Waals surface area contributed by atoms with Gasteiger partial charge in [0.25, 0.3) is 0 Å². The van der Waals surface area contributed by atoms with E-state index < -0.39 is 18.1 Å². The fraction of sp³-hybridized carbons (Fsp3) is 0.545. The fourth-order valence-electron chi connectivity index (χ4n) is 1.56. The van der Waals surface area contributed by atoms with E-state index in [1.165, 1.54) is 0 Å². The number of H-pyrrole nitrogens is 1. The lowest BCUT2D eigenvalue weighted by molar-refractivity contribution is -0.121. The molecule has 5 nitrogen and oxygen atoms in total. The molecule has 0 aliphatic carbocycles. The summed E-state index contributed by atoms with van der Waals surface area (Å²) in [6.07, 6.45) is 1.72. The number of nitrogens with one attached hydrogen (secondary N) is 1. The van der Waals surface area contributed by atoms with E-state index in [9.17, 15) is 15.0 Å². The van der Waals surface area contributed by atoms with E-state index in [1.807, 2.05) is 18.3 Å². The smallest absolute Gasteiger partial charge is 0.220 e. The molecule has 0 aliphatic rings. The van der Waals surface area contributed by atoms with Crippen LogP contribution in [0.4, 0.5) is 0 Å². The van der Waals surface area contributed by atoms with E-state index in [1.54, 1.807) is 0 Å². The summed E-state index contributed by atoms with van der Waals surface area (Å²) in [7, 11) is 0. The molecule has 1 amide bonds. The molecule has 0 aromatic carbocycles. The first-order valence-corrected chi connectivity index (χ1v) is 5.36. The number of nitrogens with two attached hydrogens (primary N) is 1. The van der Waals surface area contributed by atoms with Crippen molar-refractivity contribution in [3.63, 3.8) is 0 Å². The van der Waals surface area contributed by atoms with Gasteiger partial charge in [-0.1, -0.05) is 0 Å². The van der Waals surface area contributed by atoms with E-state index in [0.29, 0.717) is 6.42 Å². The second-order valence-corrected chi connectivity index (χ2v) is 3.89. The first-order chi connectivity index (χ1) is 7.59. The molecule has 90 valence electrons. The Bertz CT molecular complexity index is 311. The minimum absolute atomic E-state index is 0.191. The van der Waals surface area contributed by atoms with Gasteiger partial charge >= 0.3 is 0 Å². The Morgan fingerprint density at radius 1 is 1.44 bits per heavy atom. The lowest BCUT2D eigenvalue weighted by Gasteiger charge is -2.15. The standard InChI is InChI=1S/C11H18N2O3/c12-11(16)7-10(15)9(14)5-1-3-8-4-2-6-13-8/h2,4,6,9-10,13-15H,1,3,5,7H2,(H2,12,16). The maximum Gasteiger partial charge on any atom is 0.220 e. The molecule has 5 N–H and O–H groups in total. The largest absolute Gasteiger partial charge is 0.390 e. The maximum atomic E-state index is 10.5. The molecular weight excluding hydrogens is 208 g/mol. The summed E-state index contributed by atoms with van der Waals surface area (Å²) < 4.78 is 0. The van der Waals surface area contributed by atoms with Gasteiger partial charge in [-0.25, -0.2) is 0 Å². The molecule has 0 spiro atoms. The number of aliphatic hydroxyl groups excluding tert-OH is 2. The minimum atomic E-state index is -1.05. The topological polar surface area (TPSA) is 99.3 Å². The predicted octanol–water partition coefficient (Wildman–Crippen LogP) is -0.0654. The van der Waals surface area contributed by atoms with Crippen LogP contribution in [0.15, 0.2) is 18.3 Å². The van der Waals surface area contributed by atoms with Crippen LogP contribution in [0.5, 0.6) is 0 Å². The number of carbonyl (C=O) groups excluding carboxylic acids is 1. The highest BCUT2D eigenvalue weighted by Crippen LogP contribution is 2.09. The van der Waals surface area contributed by atoms with Gasteiger partial charge in [0.05, 0.1) is 18.6 Å². The van der Waals surface area contributed by atoms with Crippen molar-refractivity contribution < 1.29 is 15.0 Å². The van der Waals surface area contributed by atoms with E-state index in [2.05, 4.69) is 4.98 Å². The molecule has 0 fully saturated rings. The van der Waals surface area contributed by atoms with Crippen molar-refractivity contribution in [2.45, 2.75) is 37.9 Å². The third-order valence-corrected chi connectivity index (χ3v) is 2.46. The average Bonchev–Trinajstić information content (AvgIpc) is 2.69. The summed E-state index contributed by atoms with van der Waals surface area (Å²) in [4.78, 5) is 13.6. The molecule has 1 heterocycles. The Kier molecular flexibility index (Phi) is 5.01. The van der Waals surface area contributed by atoms with E-state index in [0.717, 1.165) is 18.5 Å². The van der Waals surface area contributed by atoms with Crippen LogP contribution >= 0.6 is 0 Å².